The molecule has 1 aromatic rings. The summed E-state index contributed by atoms with van der Waals surface area (Å²) in [5, 5.41) is 20.2. The third-order valence-corrected chi connectivity index (χ3v) is 4.50. The van der Waals surface area contributed by atoms with Gasteiger partial charge in [0.15, 0.2) is 0 Å². The van der Waals surface area contributed by atoms with Gasteiger partial charge in [0.2, 0.25) is 0 Å². The minimum absolute atomic E-state index is 0.00565. The molecular formula is C19H24O4. The van der Waals surface area contributed by atoms with Crippen LogP contribution in [0.1, 0.15) is 43.7 Å². The number of esters is 1. The smallest absolute Gasteiger partial charge is 0.309 e. The van der Waals surface area contributed by atoms with E-state index in [1.165, 1.54) is 24.8 Å². The van der Waals surface area contributed by atoms with Gasteiger partial charge in [-0.25, -0.2) is 0 Å². The lowest BCUT2D eigenvalue weighted by Gasteiger charge is -2.32. The molecule has 0 spiro atoms. The fourth-order valence-corrected chi connectivity index (χ4v) is 3.35. The molecule has 0 heterocycles. The van der Waals surface area contributed by atoms with Crippen LogP contribution in [0.3, 0.4) is 0 Å². The summed E-state index contributed by atoms with van der Waals surface area (Å²) in [5.41, 5.74) is 3.58. The number of phenols is 2. The molecule has 1 aromatic carbocycles. The molecule has 0 aliphatic heterocycles. The summed E-state index contributed by atoms with van der Waals surface area (Å²) in [6.07, 6.45) is 4.11. The minimum atomic E-state index is -0.403. The second-order valence-electron chi connectivity index (χ2n) is 6.32. The number of methoxy groups -OCH3 is 1. The summed E-state index contributed by atoms with van der Waals surface area (Å²) in [4.78, 5) is 11.7. The van der Waals surface area contributed by atoms with Crippen molar-refractivity contribution in [2.75, 3.05) is 7.11 Å². The van der Waals surface area contributed by atoms with Gasteiger partial charge in [-0.15, -0.1) is 0 Å². The van der Waals surface area contributed by atoms with Gasteiger partial charge in [0.1, 0.15) is 11.5 Å². The normalized spacial score (nSPS) is 20.7. The molecule has 0 saturated carbocycles. The van der Waals surface area contributed by atoms with Crippen molar-refractivity contribution in [3.05, 3.63) is 47.1 Å². The first-order chi connectivity index (χ1) is 10.8. The number of aromatic hydroxyl groups is 2. The molecule has 124 valence electrons. The molecule has 0 saturated heterocycles. The maximum atomic E-state index is 11.7. The van der Waals surface area contributed by atoms with Gasteiger partial charge in [-0.1, -0.05) is 23.8 Å². The van der Waals surface area contributed by atoms with Gasteiger partial charge >= 0.3 is 5.97 Å². The Balaban J connectivity index is 2.57. The molecule has 2 N–H and O–H groups in total. The average Bonchev–Trinajstić information content (AvgIpc) is 2.46. The molecule has 0 fully saturated rings. The zero-order chi connectivity index (χ0) is 17.1. The molecule has 0 aromatic heterocycles. The highest BCUT2D eigenvalue weighted by molar-refractivity contribution is 5.74. The van der Waals surface area contributed by atoms with Crippen molar-refractivity contribution in [3.63, 3.8) is 0 Å². The van der Waals surface area contributed by atoms with E-state index in [2.05, 4.69) is 19.6 Å². The van der Waals surface area contributed by atoms with E-state index in [1.807, 2.05) is 6.92 Å². The Morgan fingerprint density at radius 2 is 2.09 bits per heavy atom. The maximum Gasteiger partial charge on any atom is 0.309 e. The van der Waals surface area contributed by atoms with Crippen molar-refractivity contribution in [1.82, 2.24) is 0 Å². The van der Waals surface area contributed by atoms with Gasteiger partial charge in [0.05, 0.1) is 13.5 Å². The van der Waals surface area contributed by atoms with E-state index in [-0.39, 0.29) is 29.8 Å². The number of hydrogen-bond acceptors (Lipinski definition) is 4. The quantitative estimate of drug-likeness (QED) is 0.654. The third kappa shape index (κ3) is 3.76. The van der Waals surface area contributed by atoms with Gasteiger partial charge in [-0.3, -0.25) is 4.79 Å². The predicted molar refractivity (Wildman–Crippen MR) is 89.5 cm³/mol. The standard InChI is InChI=1S/C19H24O4/c1-11(2)15-6-5-12(3)7-16(15)19-13(9-18(22)23-4)8-14(20)10-17(19)21/h7-8,10,15-16,20-21H,1,5-6,9H2,2-4H3/t15-,16+/m0/s1. The van der Waals surface area contributed by atoms with Gasteiger partial charge in [-0.2, -0.15) is 0 Å². The molecule has 2 atom stereocenters. The molecule has 2 rings (SSSR count). The van der Waals surface area contributed by atoms with Crippen molar-refractivity contribution < 1.29 is 19.7 Å². The lowest BCUT2D eigenvalue weighted by molar-refractivity contribution is -0.139. The highest BCUT2D eigenvalue weighted by Gasteiger charge is 2.30. The molecule has 0 bridgehead atoms. The van der Waals surface area contributed by atoms with Crippen LogP contribution in [0, 0.1) is 5.92 Å². The summed E-state index contributed by atoms with van der Waals surface area (Å²) >= 11 is 0. The van der Waals surface area contributed by atoms with Crippen molar-refractivity contribution in [1.29, 1.82) is 0 Å². The molecule has 0 radical (unpaired) electrons. The van der Waals surface area contributed by atoms with Crippen LogP contribution in [-0.2, 0) is 16.0 Å². The van der Waals surface area contributed by atoms with E-state index >= 15 is 0 Å². The van der Waals surface area contributed by atoms with Crippen LogP contribution in [0.5, 0.6) is 11.5 Å². The number of benzene rings is 1. The van der Waals surface area contributed by atoms with Crippen molar-refractivity contribution >= 4 is 5.97 Å². The predicted octanol–water partition coefficient (Wildman–Crippen LogP) is 3.83. The minimum Gasteiger partial charge on any atom is -0.508 e. The molecule has 1 aliphatic rings. The first-order valence-corrected chi connectivity index (χ1v) is 7.77. The van der Waals surface area contributed by atoms with E-state index in [0.29, 0.717) is 11.1 Å². The summed E-state index contributed by atoms with van der Waals surface area (Å²) in [5.74, 6) is -0.314. The first-order valence-electron chi connectivity index (χ1n) is 7.77. The summed E-state index contributed by atoms with van der Waals surface area (Å²) in [6, 6.07) is 2.85. The maximum absolute atomic E-state index is 11.7. The molecule has 4 heteroatoms. The largest absolute Gasteiger partial charge is 0.508 e. The van der Waals surface area contributed by atoms with E-state index in [4.69, 9.17) is 4.74 Å². The van der Waals surface area contributed by atoms with Crippen LogP contribution < -0.4 is 0 Å². The number of phenolic OH excluding ortho intramolecular Hbond substituents is 2. The molecule has 0 amide bonds. The van der Waals surface area contributed by atoms with Crippen LogP contribution in [-0.4, -0.2) is 23.3 Å². The van der Waals surface area contributed by atoms with Crippen LogP contribution in [0.15, 0.2) is 35.9 Å². The topological polar surface area (TPSA) is 66.8 Å². The average molecular weight is 316 g/mol. The van der Waals surface area contributed by atoms with Gasteiger partial charge in [0, 0.05) is 17.5 Å². The SMILES string of the molecule is C=C(C)[C@@H]1CCC(C)=C[C@H]1c1c(O)cc(O)cc1CC(=O)OC. The Bertz CT molecular complexity index is 658. The zero-order valence-corrected chi connectivity index (χ0v) is 13.9. The Hall–Kier alpha value is -2.23. The number of carbonyl (C=O) groups is 1. The van der Waals surface area contributed by atoms with E-state index in [0.717, 1.165) is 18.4 Å². The van der Waals surface area contributed by atoms with Crippen molar-refractivity contribution in [3.8, 4) is 11.5 Å². The van der Waals surface area contributed by atoms with Gasteiger partial charge < -0.3 is 14.9 Å². The second-order valence-corrected chi connectivity index (χ2v) is 6.32. The first kappa shape index (κ1) is 17.1. The molecule has 4 nitrogen and oxygen atoms in total. The molecule has 0 unspecified atom stereocenters. The molecule has 23 heavy (non-hydrogen) atoms. The highest BCUT2D eigenvalue weighted by Crippen LogP contribution is 2.45. The summed E-state index contributed by atoms with van der Waals surface area (Å²) < 4.78 is 4.74. The second kappa shape index (κ2) is 6.90. The van der Waals surface area contributed by atoms with Gasteiger partial charge in [-0.05, 0) is 44.2 Å². The number of hydrogen-bond donors (Lipinski definition) is 2. The van der Waals surface area contributed by atoms with E-state index < -0.39 is 5.97 Å². The Kier molecular flexibility index (Phi) is 5.14. The van der Waals surface area contributed by atoms with Crippen LogP contribution in [0.25, 0.3) is 0 Å². The number of ether oxygens (including phenoxy) is 1. The lowest BCUT2D eigenvalue weighted by Crippen LogP contribution is -2.19. The lowest BCUT2D eigenvalue weighted by atomic mass is 9.72. The molecule has 1 aliphatic carbocycles. The third-order valence-electron chi connectivity index (χ3n) is 4.50. The number of allylic oxidation sites excluding steroid dienone is 3. The Labute approximate surface area is 137 Å². The number of carbonyl (C=O) groups excluding carboxylic acids is 1. The highest BCUT2D eigenvalue weighted by atomic mass is 16.5. The number of rotatable bonds is 4. The van der Waals surface area contributed by atoms with Crippen LogP contribution in [0.2, 0.25) is 0 Å². The fourth-order valence-electron chi connectivity index (χ4n) is 3.35. The zero-order valence-electron chi connectivity index (χ0n) is 13.9. The van der Waals surface area contributed by atoms with Crippen LogP contribution in [0.4, 0.5) is 0 Å². The van der Waals surface area contributed by atoms with Gasteiger partial charge in [0.25, 0.3) is 0 Å². The van der Waals surface area contributed by atoms with E-state index in [9.17, 15) is 15.0 Å². The molecular weight excluding hydrogens is 292 g/mol. The summed E-state index contributed by atoms with van der Waals surface area (Å²) in [7, 11) is 1.33. The van der Waals surface area contributed by atoms with Crippen molar-refractivity contribution in [2.45, 2.75) is 39.0 Å². The van der Waals surface area contributed by atoms with Crippen molar-refractivity contribution in [2.24, 2.45) is 5.92 Å². The van der Waals surface area contributed by atoms with E-state index in [1.54, 1.807) is 0 Å². The fraction of sp³-hybridized carbons (Fsp3) is 0.421. The monoisotopic (exact) mass is 316 g/mol. The van der Waals surface area contributed by atoms with Crippen LogP contribution >= 0.6 is 0 Å². The Morgan fingerprint density at radius 1 is 1.39 bits per heavy atom. The Morgan fingerprint density at radius 3 is 2.70 bits per heavy atom. The summed E-state index contributed by atoms with van der Waals surface area (Å²) in [6.45, 7) is 8.14.